The van der Waals surface area contributed by atoms with Crippen LogP contribution in [0.3, 0.4) is 0 Å². The number of anilines is 1. The van der Waals surface area contributed by atoms with Gasteiger partial charge in [-0.15, -0.1) is 0 Å². The number of benzene rings is 1. The molecule has 4 aromatic rings. The molecule has 0 fully saturated rings. The lowest BCUT2D eigenvalue weighted by molar-refractivity contribution is 0.0577. The quantitative estimate of drug-likeness (QED) is 0.439. The van der Waals surface area contributed by atoms with Gasteiger partial charge in [0.05, 0.1) is 29.3 Å². The first kappa shape index (κ1) is 22.6. The van der Waals surface area contributed by atoms with E-state index in [4.69, 9.17) is 15.2 Å². The normalized spacial score (nSPS) is 13.9. The molecule has 0 bridgehead atoms. The lowest BCUT2D eigenvalue weighted by atomic mass is 9.72. The second-order valence-corrected chi connectivity index (χ2v) is 9.43. The van der Waals surface area contributed by atoms with Crippen molar-refractivity contribution in [3.63, 3.8) is 0 Å². The van der Waals surface area contributed by atoms with E-state index in [1.165, 1.54) is 0 Å². The molecule has 1 aromatic carbocycles. The molecule has 1 atom stereocenters. The van der Waals surface area contributed by atoms with Crippen LogP contribution in [-0.4, -0.2) is 40.6 Å². The van der Waals surface area contributed by atoms with E-state index in [0.29, 0.717) is 23.8 Å². The largest absolute Gasteiger partial charge is 0.389 e. The molecule has 0 saturated carbocycles. The van der Waals surface area contributed by atoms with Crippen LogP contribution in [0, 0.1) is 5.92 Å². The summed E-state index contributed by atoms with van der Waals surface area (Å²) in [6, 6.07) is 8.21. The Bertz CT molecular complexity index is 1220. The maximum atomic E-state index is 10.0. The molecule has 33 heavy (non-hydrogen) atoms. The Hall–Kier alpha value is -3.59. The first-order valence-corrected chi connectivity index (χ1v) is 10.8. The highest BCUT2D eigenvalue weighted by Gasteiger charge is 2.37. The van der Waals surface area contributed by atoms with E-state index < -0.39 is 11.0 Å². The lowest BCUT2D eigenvalue weighted by Gasteiger charge is -2.31. The summed E-state index contributed by atoms with van der Waals surface area (Å²) < 4.78 is 7.28. The number of aliphatic hydroxyl groups is 1. The van der Waals surface area contributed by atoms with Crippen LogP contribution in [0.15, 0.2) is 53.6 Å². The molecular formula is C24H29N7O2. The molecule has 9 nitrogen and oxygen atoms in total. The van der Waals surface area contributed by atoms with Crippen LogP contribution in [0.1, 0.15) is 46.0 Å². The highest BCUT2D eigenvalue weighted by atomic mass is 16.5. The fourth-order valence-electron chi connectivity index (χ4n) is 3.73. The number of hydrogen-bond donors (Lipinski definition) is 2. The van der Waals surface area contributed by atoms with Crippen molar-refractivity contribution in [1.82, 2.24) is 29.9 Å². The molecule has 3 heterocycles. The van der Waals surface area contributed by atoms with Crippen molar-refractivity contribution in [2.24, 2.45) is 5.92 Å². The Morgan fingerprint density at radius 2 is 1.67 bits per heavy atom. The van der Waals surface area contributed by atoms with Crippen molar-refractivity contribution in [1.29, 1.82) is 0 Å². The summed E-state index contributed by atoms with van der Waals surface area (Å²) in [6.45, 7) is 10.2. The minimum absolute atomic E-state index is 0.201. The molecule has 0 radical (unpaired) electrons. The van der Waals surface area contributed by atoms with Gasteiger partial charge in [0.1, 0.15) is 0 Å². The van der Waals surface area contributed by atoms with E-state index >= 15 is 0 Å². The fraction of sp³-hybridized carbons (Fsp3) is 0.375. The van der Waals surface area contributed by atoms with Gasteiger partial charge in [-0.3, -0.25) is 4.68 Å². The van der Waals surface area contributed by atoms with Gasteiger partial charge >= 0.3 is 0 Å². The van der Waals surface area contributed by atoms with Gasteiger partial charge in [-0.25, -0.2) is 9.97 Å². The zero-order chi connectivity index (χ0) is 23.8. The highest BCUT2D eigenvalue weighted by Crippen LogP contribution is 2.38. The maximum Gasteiger partial charge on any atom is 0.261 e. The highest BCUT2D eigenvalue weighted by molar-refractivity contribution is 5.62. The van der Waals surface area contributed by atoms with Crippen molar-refractivity contribution in [3.8, 4) is 22.6 Å². The summed E-state index contributed by atoms with van der Waals surface area (Å²) in [5, 5.41) is 18.7. The molecule has 3 aromatic heterocycles. The average Bonchev–Trinajstić information content (AvgIpc) is 3.42. The molecule has 0 aliphatic heterocycles. The van der Waals surface area contributed by atoms with E-state index in [1.807, 2.05) is 12.1 Å². The number of rotatable bonds is 7. The monoisotopic (exact) mass is 447 g/mol. The standard InChI is InChI=1S/C24H29N7O2/c1-15(2)24(5,19-8-6-16(7-9-19)17-10-26-22(25)27-11-17)21-29-20(33-30-21)18-12-28-31(13-18)14-23(3,4)32/h6-13,15,32H,14H2,1-5H3,(H2,25,26,27). The van der Waals surface area contributed by atoms with Crippen LogP contribution in [0.2, 0.25) is 0 Å². The summed E-state index contributed by atoms with van der Waals surface area (Å²) in [7, 11) is 0. The zero-order valence-corrected chi connectivity index (χ0v) is 19.5. The van der Waals surface area contributed by atoms with Gasteiger partial charge < -0.3 is 15.4 Å². The molecule has 0 amide bonds. The second kappa shape index (κ2) is 8.40. The zero-order valence-electron chi connectivity index (χ0n) is 19.5. The summed E-state index contributed by atoms with van der Waals surface area (Å²) in [6.07, 6.45) is 6.88. The van der Waals surface area contributed by atoms with Crippen LogP contribution < -0.4 is 5.73 Å². The first-order chi connectivity index (χ1) is 15.6. The third-order valence-corrected chi connectivity index (χ3v) is 5.96. The maximum absolute atomic E-state index is 10.0. The molecule has 1 unspecified atom stereocenters. The Morgan fingerprint density at radius 3 is 2.27 bits per heavy atom. The summed E-state index contributed by atoms with van der Waals surface area (Å²) in [4.78, 5) is 12.9. The third-order valence-electron chi connectivity index (χ3n) is 5.96. The Balaban J connectivity index is 1.63. The molecule has 9 heteroatoms. The van der Waals surface area contributed by atoms with E-state index in [2.05, 4.69) is 53.1 Å². The molecule has 4 rings (SSSR count). The Morgan fingerprint density at radius 1 is 1.00 bits per heavy atom. The van der Waals surface area contributed by atoms with Crippen molar-refractivity contribution in [3.05, 3.63) is 60.4 Å². The number of nitrogens with two attached hydrogens (primary N) is 1. The van der Waals surface area contributed by atoms with Gasteiger partial charge in [0.2, 0.25) is 5.95 Å². The average molecular weight is 448 g/mol. The number of nitrogen functional groups attached to an aromatic ring is 1. The Labute approximate surface area is 192 Å². The number of hydrogen-bond acceptors (Lipinski definition) is 8. The van der Waals surface area contributed by atoms with Gasteiger partial charge in [-0.2, -0.15) is 10.1 Å². The summed E-state index contributed by atoms with van der Waals surface area (Å²) in [5.74, 6) is 1.45. The van der Waals surface area contributed by atoms with Crippen molar-refractivity contribution in [2.45, 2.75) is 52.2 Å². The SMILES string of the molecule is CC(C)C(C)(c1ccc(-c2cnc(N)nc2)cc1)c1noc(-c2cnn(CC(C)(C)O)c2)n1. The van der Waals surface area contributed by atoms with E-state index in [9.17, 15) is 5.11 Å². The van der Waals surface area contributed by atoms with Crippen LogP contribution in [0.4, 0.5) is 5.95 Å². The van der Waals surface area contributed by atoms with Gasteiger partial charge in [0.15, 0.2) is 5.82 Å². The van der Waals surface area contributed by atoms with E-state index in [0.717, 1.165) is 16.7 Å². The molecule has 0 aliphatic carbocycles. The van der Waals surface area contributed by atoms with E-state index in [1.54, 1.807) is 43.3 Å². The summed E-state index contributed by atoms with van der Waals surface area (Å²) in [5.41, 5.74) is 7.93. The van der Waals surface area contributed by atoms with Crippen LogP contribution in [-0.2, 0) is 12.0 Å². The second-order valence-electron chi connectivity index (χ2n) is 9.43. The minimum Gasteiger partial charge on any atom is -0.389 e. The number of nitrogens with zero attached hydrogens (tertiary/aromatic N) is 6. The molecule has 172 valence electrons. The molecule has 0 spiro atoms. The predicted molar refractivity (Wildman–Crippen MR) is 125 cm³/mol. The molecule has 0 aliphatic rings. The minimum atomic E-state index is -0.871. The number of aromatic nitrogens is 6. The topological polar surface area (TPSA) is 129 Å². The van der Waals surface area contributed by atoms with Crippen LogP contribution >= 0.6 is 0 Å². The Kier molecular flexibility index (Phi) is 5.75. The third kappa shape index (κ3) is 4.63. The van der Waals surface area contributed by atoms with Gasteiger partial charge in [-0.1, -0.05) is 43.3 Å². The van der Waals surface area contributed by atoms with Crippen molar-refractivity contribution in [2.75, 3.05) is 5.73 Å². The van der Waals surface area contributed by atoms with Crippen LogP contribution in [0.5, 0.6) is 0 Å². The van der Waals surface area contributed by atoms with Gasteiger partial charge in [0.25, 0.3) is 5.89 Å². The molecular weight excluding hydrogens is 418 g/mol. The lowest BCUT2D eigenvalue weighted by Crippen LogP contribution is -2.31. The van der Waals surface area contributed by atoms with Crippen molar-refractivity contribution < 1.29 is 9.63 Å². The van der Waals surface area contributed by atoms with Gasteiger partial charge in [0, 0.05) is 24.2 Å². The first-order valence-electron chi connectivity index (χ1n) is 10.8. The molecule has 3 N–H and O–H groups in total. The van der Waals surface area contributed by atoms with Crippen LogP contribution in [0.25, 0.3) is 22.6 Å². The smallest absolute Gasteiger partial charge is 0.261 e. The van der Waals surface area contributed by atoms with E-state index in [-0.39, 0.29) is 11.9 Å². The predicted octanol–water partition coefficient (Wildman–Crippen LogP) is 3.71. The van der Waals surface area contributed by atoms with Crippen molar-refractivity contribution >= 4 is 5.95 Å². The molecule has 0 saturated heterocycles. The van der Waals surface area contributed by atoms with Gasteiger partial charge in [-0.05, 0) is 37.8 Å². The summed E-state index contributed by atoms with van der Waals surface area (Å²) >= 11 is 0. The fourth-order valence-corrected chi connectivity index (χ4v) is 3.73.